The zero-order valence-corrected chi connectivity index (χ0v) is 10.4. The predicted molar refractivity (Wildman–Crippen MR) is 63.7 cm³/mol. The first kappa shape index (κ1) is 11.5. The molecule has 0 saturated heterocycles. The van der Waals surface area contributed by atoms with E-state index in [1.165, 1.54) is 0 Å². The van der Waals surface area contributed by atoms with Gasteiger partial charge in [0, 0.05) is 18.1 Å². The summed E-state index contributed by atoms with van der Waals surface area (Å²) >= 11 is 3.50. The molecule has 0 aliphatic heterocycles. The van der Waals surface area contributed by atoms with E-state index in [4.69, 9.17) is 0 Å². The third kappa shape index (κ3) is 2.49. The van der Waals surface area contributed by atoms with Crippen molar-refractivity contribution < 1.29 is 5.11 Å². The van der Waals surface area contributed by atoms with Crippen molar-refractivity contribution in [2.24, 2.45) is 0 Å². The number of benzene rings is 1. The molecule has 0 radical (unpaired) electrons. The lowest BCUT2D eigenvalue weighted by Gasteiger charge is -2.19. The first-order valence-electron chi connectivity index (χ1n) is 4.75. The van der Waals surface area contributed by atoms with Crippen molar-refractivity contribution in [2.75, 3.05) is 18.5 Å². The summed E-state index contributed by atoms with van der Waals surface area (Å²) in [6.45, 7) is 4.84. The van der Waals surface area contributed by atoms with Gasteiger partial charge >= 0.3 is 0 Å². The number of nitrogens with zero attached hydrogens (tertiary/aromatic N) is 1. The molecule has 1 rings (SSSR count). The predicted octanol–water partition coefficient (Wildman–Crippen LogP) is 2.96. The van der Waals surface area contributed by atoms with Crippen LogP contribution in [0.4, 0.5) is 5.69 Å². The molecule has 14 heavy (non-hydrogen) atoms. The average Bonchev–Trinajstić information content (AvgIpc) is 2.16. The Bertz CT molecular complexity index is 312. The summed E-state index contributed by atoms with van der Waals surface area (Å²) in [5.74, 6) is 0. The van der Waals surface area contributed by atoms with E-state index < -0.39 is 6.10 Å². The Labute approximate surface area is 93.7 Å². The van der Waals surface area contributed by atoms with E-state index >= 15 is 0 Å². The van der Waals surface area contributed by atoms with Gasteiger partial charge in [0.25, 0.3) is 0 Å². The van der Waals surface area contributed by atoms with Gasteiger partial charge in [-0.25, -0.2) is 0 Å². The van der Waals surface area contributed by atoms with Crippen molar-refractivity contribution in [3.8, 4) is 0 Å². The third-order valence-electron chi connectivity index (χ3n) is 2.34. The summed E-state index contributed by atoms with van der Waals surface area (Å²) in [4.78, 5) is 2.15. The molecule has 1 N–H and O–H groups in total. The highest BCUT2D eigenvalue weighted by atomic mass is 79.9. The summed E-state index contributed by atoms with van der Waals surface area (Å²) in [6.07, 6.45) is -0.410. The highest BCUT2D eigenvalue weighted by Gasteiger charge is 2.07. The minimum Gasteiger partial charge on any atom is -0.389 e. The van der Waals surface area contributed by atoms with E-state index in [1.807, 2.05) is 25.2 Å². The Balaban J connectivity index is 3.01. The molecular weight excluding hydrogens is 242 g/mol. The third-order valence-corrected chi connectivity index (χ3v) is 2.97. The van der Waals surface area contributed by atoms with Crippen LogP contribution in [0.3, 0.4) is 0 Å². The lowest BCUT2D eigenvalue weighted by Crippen LogP contribution is -2.16. The molecule has 0 fully saturated rings. The minimum atomic E-state index is -0.410. The van der Waals surface area contributed by atoms with Crippen molar-refractivity contribution in [1.29, 1.82) is 0 Å². The molecule has 0 saturated carbocycles. The number of aliphatic hydroxyl groups excluding tert-OH is 1. The summed E-state index contributed by atoms with van der Waals surface area (Å²) in [5.41, 5.74) is 2.09. The van der Waals surface area contributed by atoms with Crippen LogP contribution in [0.5, 0.6) is 0 Å². The Hall–Kier alpha value is -0.540. The quantitative estimate of drug-likeness (QED) is 0.901. The van der Waals surface area contributed by atoms with E-state index in [-0.39, 0.29) is 0 Å². The fourth-order valence-corrected chi connectivity index (χ4v) is 1.96. The van der Waals surface area contributed by atoms with Crippen molar-refractivity contribution in [1.82, 2.24) is 0 Å². The summed E-state index contributed by atoms with van der Waals surface area (Å²) in [5, 5.41) is 9.40. The summed E-state index contributed by atoms with van der Waals surface area (Å²) < 4.78 is 1.03. The van der Waals surface area contributed by atoms with Crippen LogP contribution in [0.1, 0.15) is 25.5 Å². The lowest BCUT2D eigenvalue weighted by atomic mass is 10.1. The second-order valence-corrected chi connectivity index (χ2v) is 4.26. The molecule has 1 atom stereocenters. The van der Waals surface area contributed by atoms with Gasteiger partial charge in [0.05, 0.1) is 11.8 Å². The molecule has 0 bridgehead atoms. The summed E-state index contributed by atoms with van der Waals surface area (Å²) in [6, 6.07) is 5.94. The van der Waals surface area contributed by atoms with Crippen LogP contribution < -0.4 is 4.90 Å². The fourth-order valence-electron chi connectivity index (χ4n) is 1.26. The van der Waals surface area contributed by atoms with Crippen molar-refractivity contribution in [3.63, 3.8) is 0 Å². The molecule has 1 aromatic carbocycles. The molecule has 0 aliphatic carbocycles. The molecule has 78 valence electrons. The smallest absolute Gasteiger partial charge is 0.0762 e. The highest BCUT2D eigenvalue weighted by Crippen LogP contribution is 2.28. The Morgan fingerprint density at radius 1 is 1.50 bits per heavy atom. The highest BCUT2D eigenvalue weighted by molar-refractivity contribution is 9.10. The van der Waals surface area contributed by atoms with Gasteiger partial charge in [0.2, 0.25) is 0 Å². The van der Waals surface area contributed by atoms with Gasteiger partial charge in [-0.2, -0.15) is 0 Å². The van der Waals surface area contributed by atoms with Gasteiger partial charge in [-0.3, -0.25) is 0 Å². The van der Waals surface area contributed by atoms with E-state index in [1.54, 1.807) is 6.92 Å². The first-order chi connectivity index (χ1) is 6.56. The topological polar surface area (TPSA) is 23.5 Å². The molecule has 1 aromatic rings. The van der Waals surface area contributed by atoms with Gasteiger partial charge in [0.1, 0.15) is 0 Å². The van der Waals surface area contributed by atoms with E-state index in [0.717, 1.165) is 22.3 Å². The van der Waals surface area contributed by atoms with E-state index in [0.29, 0.717) is 0 Å². The molecule has 0 amide bonds. The largest absolute Gasteiger partial charge is 0.389 e. The molecule has 2 nitrogen and oxygen atoms in total. The van der Waals surface area contributed by atoms with Crippen LogP contribution in [0.15, 0.2) is 22.7 Å². The molecule has 0 aromatic heterocycles. The number of anilines is 1. The standard InChI is InChI=1S/C11H16BrNO/c1-4-13(3)11-6-5-9(8(2)14)7-10(11)12/h5-8,14H,4H2,1-3H3. The maximum Gasteiger partial charge on any atom is 0.0762 e. The van der Waals surface area contributed by atoms with Gasteiger partial charge in [-0.1, -0.05) is 6.07 Å². The molecule has 3 heteroatoms. The van der Waals surface area contributed by atoms with Gasteiger partial charge < -0.3 is 10.0 Å². The number of hydrogen-bond acceptors (Lipinski definition) is 2. The zero-order valence-electron chi connectivity index (χ0n) is 8.79. The van der Waals surface area contributed by atoms with Crippen molar-refractivity contribution in [2.45, 2.75) is 20.0 Å². The Morgan fingerprint density at radius 2 is 2.14 bits per heavy atom. The SMILES string of the molecule is CCN(C)c1ccc(C(C)O)cc1Br. The van der Waals surface area contributed by atoms with E-state index in [2.05, 4.69) is 27.8 Å². The Kier molecular flexibility index (Phi) is 3.96. The van der Waals surface area contributed by atoms with Crippen LogP contribution >= 0.6 is 15.9 Å². The van der Waals surface area contributed by atoms with Crippen LogP contribution in [0, 0.1) is 0 Å². The monoisotopic (exact) mass is 257 g/mol. The molecule has 1 unspecified atom stereocenters. The number of halogens is 1. The number of rotatable bonds is 3. The fraction of sp³-hybridized carbons (Fsp3) is 0.455. The number of hydrogen-bond donors (Lipinski definition) is 1. The van der Waals surface area contributed by atoms with Crippen LogP contribution in [0.25, 0.3) is 0 Å². The summed E-state index contributed by atoms with van der Waals surface area (Å²) in [7, 11) is 2.04. The lowest BCUT2D eigenvalue weighted by molar-refractivity contribution is 0.199. The second kappa shape index (κ2) is 4.80. The van der Waals surface area contributed by atoms with Crippen LogP contribution in [0.2, 0.25) is 0 Å². The van der Waals surface area contributed by atoms with Gasteiger partial charge in [0.15, 0.2) is 0 Å². The number of aliphatic hydroxyl groups is 1. The van der Waals surface area contributed by atoms with E-state index in [9.17, 15) is 5.11 Å². The zero-order chi connectivity index (χ0) is 10.7. The normalized spacial score (nSPS) is 12.6. The van der Waals surface area contributed by atoms with Crippen LogP contribution in [-0.4, -0.2) is 18.7 Å². The molecular formula is C11H16BrNO. The van der Waals surface area contributed by atoms with Gasteiger partial charge in [-0.05, 0) is 47.5 Å². The molecule has 0 heterocycles. The second-order valence-electron chi connectivity index (χ2n) is 3.40. The molecule has 0 spiro atoms. The van der Waals surface area contributed by atoms with Crippen molar-refractivity contribution >= 4 is 21.6 Å². The average molecular weight is 258 g/mol. The molecule has 0 aliphatic rings. The maximum atomic E-state index is 9.40. The Morgan fingerprint density at radius 3 is 2.57 bits per heavy atom. The minimum absolute atomic E-state index is 0.410. The van der Waals surface area contributed by atoms with Crippen LogP contribution in [-0.2, 0) is 0 Å². The first-order valence-corrected chi connectivity index (χ1v) is 5.54. The van der Waals surface area contributed by atoms with Crippen molar-refractivity contribution in [3.05, 3.63) is 28.2 Å². The van der Waals surface area contributed by atoms with Gasteiger partial charge in [-0.15, -0.1) is 0 Å². The maximum absolute atomic E-state index is 9.40.